The van der Waals surface area contributed by atoms with Gasteiger partial charge in [-0.1, -0.05) is 23.9 Å². The van der Waals surface area contributed by atoms with Crippen LogP contribution in [0.1, 0.15) is 24.5 Å². The van der Waals surface area contributed by atoms with Crippen molar-refractivity contribution < 1.29 is 4.79 Å². The Morgan fingerprint density at radius 1 is 1.19 bits per heavy atom. The number of nitrogens with zero attached hydrogens (tertiary/aromatic N) is 4. The Morgan fingerprint density at radius 3 is 2.85 bits per heavy atom. The maximum absolute atomic E-state index is 12.5. The summed E-state index contributed by atoms with van der Waals surface area (Å²) < 4.78 is 2.02. The van der Waals surface area contributed by atoms with Gasteiger partial charge in [-0.15, -0.1) is 10.2 Å². The molecule has 1 aromatic carbocycles. The molecule has 1 amide bonds. The summed E-state index contributed by atoms with van der Waals surface area (Å²) in [5.41, 5.74) is 4.56. The van der Waals surface area contributed by atoms with Gasteiger partial charge in [0.1, 0.15) is 0 Å². The molecule has 1 N–H and O–H groups in total. The van der Waals surface area contributed by atoms with Crippen molar-refractivity contribution in [3.05, 3.63) is 53.9 Å². The minimum absolute atomic E-state index is 0.0172. The number of carbonyl (C=O) groups excluding carboxylic acids is 1. The van der Waals surface area contributed by atoms with Crippen molar-refractivity contribution in [3.8, 4) is 11.4 Å². The van der Waals surface area contributed by atoms with Crippen molar-refractivity contribution in [1.82, 2.24) is 19.7 Å². The van der Waals surface area contributed by atoms with Gasteiger partial charge >= 0.3 is 0 Å². The maximum atomic E-state index is 12.5. The Labute approximate surface area is 162 Å². The molecular weight excluding hydrogens is 358 g/mol. The van der Waals surface area contributed by atoms with E-state index in [1.807, 2.05) is 35.8 Å². The molecule has 3 aromatic rings. The first kappa shape index (κ1) is 17.7. The highest BCUT2D eigenvalue weighted by Crippen LogP contribution is 2.29. The number of rotatable bonds is 6. The summed E-state index contributed by atoms with van der Waals surface area (Å²) in [4.78, 5) is 16.5. The quantitative estimate of drug-likeness (QED) is 0.663. The summed E-state index contributed by atoms with van der Waals surface area (Å²) in [6.45, 7) is 2.78. The van der Waals surface area contributed by atoms with Gasteiger partial charge in [0.2, 0.25) is 5.91 Å². The number of aromatic nitrogens is 4. The number of hydrogen-bond acceptors (Lipinski definition) is 5. The SMILES string of the molecule is CCn1c(SCC(=O)Nc2cccc3c2CCC3)nnc1-c1ccncc1. The third-order valence-electron chi connectivity index (χ3n) is 4.72. The Hall–Kier alpha value is -2.67. The highest BCUT2D eigenvalue weighted by molar-refractivity contribution is 7.99. The Morgan fingerprint density at radius 2 is 2.04 bits per heavy atom. The van der Waals surface area contributed by atoms with E-state index in [1.54, 1.807) is 12.4 Å². The van der Waals surface area contributed by atoms with E-state index in [9.17, 15) is 4.79 Å². The van der Waals surface area contributed by atoms with Crippen molar-refractivity contribution in [1.29, 1.82) is 0 Å². The van der Waals surface area contributed by atoms with Gasteiger partial charge in [-0.2, -0.15) is 0 Å². The number of aryl methyl sites for hydroxylation is 1. The number of amides is 1. The lowest BCUT2D eigenvalue weighted by molar-refractivity contribution is -0.113. The molecule has 1 aliphatic carbocycles. The van der Waals surface area contributed by atoms with E-state index in [-0.39, 0.29) is 5.91 Å². The average Bonchev–Trinajstić information content (AvgIpc) is 3.34. The van der Waals surface area contributed by atoms with Gasteiger partial charge < -0.3 is 9.88 Å². The lowest BCUT2D eigenvalue weighted by atomic mass is 10.1. The van der Waals surface area contributed by atoms with E-state index in [0.717, 1.165) is 48.0 Å². The minimum Gasteiger partial charge on any atom is -0.325 e. The molecule has 0 saturated carbocycles. The first-order chi connectivity index (χ1) is 13.3. The van der Waals surface area contributed by atoms with Crippen LogP contribution in [0.5, 0.6) is 0 Å². The zero-order chi connectivity index (χ0) is 18.6. The number of fused-ring (bicyclic) bond motifs is 1. The second kappa shape index (κ2) is 7.92. The molecule has 1 aliphatic rings. The number of carbonyl (C=O) groups is 1. The van der Waals surface area contributed by atoms with Gasteiger partial charge in [-0.3, -0.25) is 9.78 Å². The van der Waals surface area contributed by atoms with Gasteiger partial charge in [-0.25, -0.2) is 0 Å². The van der Waals surface area contributed by atoms with Crippen LogP contribution in [-0.4, -0.2) is 31.4 Å². The molecule has 2 heterocycles. The standard InChI is InChI=1S/C20H21N5OS/c1-2-25-19(15-9-11-21-12-10-15)23-24-20(25)27-13-18(26)22-17-8-4-6-14-5-3-7-16(14)17/h4,6,8-12H,2-3,5,7,13H2,1H3,(H,22,26). The molecule has 0 aliphatic heterocycles. The number of hydrogen-bond donors (Lipinski definition) is 1. The van der Waals surface area contributed by atoms with Crippen LogP contribution in [0.25, 0.3) is 11.4 Å². The van der Waals surface area contributed by atoms with Crippen LogP contribution in [0.15, 0.2) is 47.9 Å². The molecule has 6 nitrogen and oxygen atoms in total. The molecular formula is C20H21N5OS. The van der Waals surface area contributed by atoms with Crippen LogP contribution >= 0.6 is 11.8 Å². The molecule has 0 bridgehead atoms. The lowest BCUT2D eigenvalue weighted by Gasteiger charge is -2.10. The molecule has 27 heavy (non-hydrogen) atoms. The molecule has 0 saturated heterocycles. The van der Waals surface area contributed by atoms with Gasteiger partial charge in [0, 0.05) is 30.2 Å². The van der Waals surface area contributed by atoms with Crippen LogP contribution in [0.4, 0.5) is 5.69 Å². The van der Waals surface area contributed by atoms with Crippen molar-refractivity contribution in [3.63, 3.8) is 0 Å². The average molecular weight is 379 g/mol. The highest BCUT2D eigenvalue weighted by atomic mass is 32.2. The second-order valence-corrected chi connectivity index (χ2v) is 7.36. The predicted octanol–water partition coefficient (Wildman–Crippen LogP) is 3.58. The van der Waals surface area contributed by atoms with Crippen molar-refractivity contribution in [2.75, 3.05) is 11.1 Å². The first-order valence-electron chi connectivity index (χ1n) is 9.13. The fourth-order valence-electron chi connectivity index (χ4n) is 3.45. The Balaban J connectivity index is 1.44. The van der Waals surface area contributed by atoms with Gasteiger partial charge in [-0.05, 0) is 55.5 Å². The topological polar surface area (TPSA) is 72.7 Å². The van der Waals surface area contributed by atoms with E-state index < -0.39 is 0 Å². The number of benzene rings is 1. The van der Waals surface area contributed by atoms with E-state index in [1.165, 1.54) is 22.9 Å². The Kier molecular flexibility index (Phi) is 5.20. The van der Waals surface area contributed by atoms with E-state index >= 15 is 0 Å². The summed E-state index contributed by atoms with van der Waals surface area (Å²) >= 11 is 1.41. The number of thioether (sulfide) groups is 1. The molecule has 0 atom stereocenters. The monoisotopic (exact) mass is 379 g/mol. The predicted molar refractivity (Wildman–Crippen MR) is 107 cm³/mol. The fraction of sp³-hybridized carbons (Fsp3) is 0.300. The fourth-order valence-corrected chi connectivity index (χ4v) is 4.25. The zero-order valence-electron chi connectivity index (χ0n) is 15.2. The summed E-state index contributed by atoms with van der Waals surface area (Å²) in [7, 11) is 0. The van der Waals surface area contributed by atoms with Gasteiger partial charge in [0.05, 0.1) is 5.75 Å². The summed E-state index contributed by atoms with van der Waals surface area (Å²) in [5, 5.41) is 12.4. The Bertz CT molecular complexity index is 954. The van der Waals surface area contributed by atoms with Crippen LogP contribution in [0.3, 0.4) is 0 Å². The van der Waals surface area contributed by atoms with Crippen LogP contribution in [-0.2, 0) is 24.2 Å². The summed E-state index contributed by atoms with van der Waals surface area (Å²) in [6, 6.07) is 9.97. The lowest BCUT2D eigenvalue weighted by Crippen LogP contribution is -2.16. The molecule has 0 unspecified atom stereocenters. The largest absolute Gasteiger partial charge is 0.325 e. The van der Waals surface area contributed by atoms with Crippen molar-refractivity contribution in [2.24, 2.45) is 0 Å². The normalized spacial score (nSPS) is 12.8. The molecule has 0 spiro atoms. The smallest absolute Gasteiger partial charge is 0.234 e. The molecule has 138 valence electrons. The molecule has 4 rings (SSSR count). The summed E-state index contributed by atoms with van der Waals surface area (Å²) in [6.07, 6.45) is 6.78. The maximum Gasteiger partial charge on any atom is 0.234 e. The van der Waals surface area contributed by atoms with E-state index in [4.69, 9.17) is 0 Å². The van der Waals surface area contributed by atoms with Crippen molar-refractivity contribution in [2.45, 2.75) is 37.9 Å². The van der Waals surface area contributed by atoms with Crippen LogP contribution in [0.2, 0.25) is 0 Å². The van der Waals surface area contributed by atoms with E-state index in [0.29, 0.717) is 5.75 Å². The van der Waals surface area contributed by atoms with Crippen LogP contribution in [0, 0.1) is 0 Å². The number of nitrogens with one attached hydrogen (secondary N) is 1. The minimum atomic E-state index is -0.0172. The van der Waals surface area contributed by atoms with Gasteiger partial charge in [0.25, 0.3) is 0 Å². The second-order valence-electron chi connectivity index (χ2n) is 6.42. The third kappa shape index (κ3) is 3.73. The summed E-state index contributed by atoms with van der Waals surface area (Å²) in [5.74, 6) is 1.08. The van der Waals surface area contributed by atoms with Crippen molar-refractivity contribution >= 4 is 23.4 Å². The first-order valence-corrected chi connectivity index (χ1v) is 10.1. The van der Waals surface area contributed by atoms with E-state index in [2.05, 4.69) is 26.6 Å². The van der Waals surface area contributed by atoms with Crippen LogP contribution < -0.4 is 5.32 Å². The third-order valence-corrected chi connectivity index (χ3v) is 5.69. The molecule has 7 heteroatoms. The van der Waals surface area contributed by atoms with Gasteiger partial charge in [0.15, 0.2) is 11.0 Å². The molecule has 0 radical (unpaired) electrons. The number of pyridine rings is 1. The molecule has 2 aromatic heterocycles. The number of anilines is 1. The molecule has 0 fully saturated rings. The highest BCUT2D eigenvalue weighted by Gasteiger charge is 2.17. The zero-order valence-corrected chi connectivity index (χ0v) is 16.0.